The van der Waals surface area contributed by atoms with Gasteiger partial charge in [0.25, 0.3) is 0 Å². The molecule has 0 aromatic heterocycles. The lowest BCUT2D eigenvalue weighted by Crippen LogP contribution is -2.45. The van der Waals surface area contributed by atoms with E-state index in [0.29, 0.717) is 13.1 Å². The quantitative estimate of drug-likeness (QED) is 0.380. The molecule has 1 aliphatic heterocycles. The van der Waals surface area contributed by atoms with E-state index in [1.165, 1.54) is 5.56 Å². The fourth-order valence-electron chi connectivity index (χ4n) is 2.89. The fourth-order valence-corrected chi connectivity index (χ4v) is 2.89. The minimum Gasteiger partial charge on any atom is -0.488 e. The summed E-state index contributed by atoms with van der Waals surface area (Å²) in [6.45, 7) is 4.01. The largest absolute Gasteiger partial charge is 0.488 e. The van der Waals surface area contributed by atoms with E-state index in [1.807, 2.05) is 25.1 Å². The summed E-state index contributed by atoms with van der Waals surface area (Å²) in [5, 5.41) is 16.7. The fraction of sp³-hybridized carbons (Fsp3) is 0.588. The highest BCUT2D eigenvalue weighted by Gasteiger charge is 2.34. The molecule has 1 aromatic carbocycles. The lowest BCUT2D eigenvalue weighted by Gasteiger charge is -2.35. The number of hydrogen-bond acceptors (Lipinski definition) is 3. The average Bonchev–Trinajstić information content (AvgIpc) is 2.91. The lowest BCUT2D eigenvalue weighted by molar-refractivity contribution is -0.0236. The van der Waals surface area contributed by atoms with Gasteiger partial charge in [-0.2, -0.15) is 0 Å². The number of guanidine groups is 1. The van der Waals surface area contributed by atoms with Gasteiger partial charge in [-0.1, -0.05) is 18.2 Å². The Morgan fingerprint density at radius 2 is 2.13 bits per heavy atom. The monoisotopic (exact) mass is 431 g/mol. The number of hydrogen-bond donors (Lipinski definition) is 3. The van der Waals surface area contributed by atoms with Crippen molar-refractivity contribution in [1.82, 2.24) is 10.6 Å². The third kappa shape index (κ3) is 4.73. The van der Waals surface area contributed by atoms with Gasteiger partial charge in [0.15, 0.2) is 5.96 Å². The van der Waals surface area contributed by atoms with Crippen LogP contribution in [0.2, 0.25) is 0 Å². The van der Waals surface area contributed by atoms with Gasteiger partial charge in [-0.05, 0) is 37.8 Å². The molecule has 0 saturated heterocycles. The van der Waals surface area contributed by atoms with Crippen LogP contribution in [0.1, 0.15) is 31.7 Å². The first-order valence-electron chi connectivity index (χ1n) is 8.18. The van der Waals surface area contributed by atoms with Gasteiger partial charge >= 0.3 is 0 Å². The summed E-state index contributed by atoms with van der Waals surface area (Å²) in [6.07, 6.45) is 3.87. The molecule has 23 heavy (non-hydrogen) atoms. The number of para-hydroxylation sites is 1. The van der Waals surface area contributed by atoms with E-state index in [9.17, 15) is 5.11 Å². The Hall–Kier alpha value is -1.02. The Labute approximate surface area is 154 Å². The Bertz CT molecular complexity index is 521. The van der Waals surface area contributed by atoms with Crippen LogP contribution in [-0.4, -0.2) is 42.4 Å². The number of nitrogens with one attached hydrogen (secondary N) is 2. The highest BCUT2D eigenvalue weighted by Crippen LogP contribution is 2.31. The third-order valence-corrected chi connectivity index (χ3v) is 4.37. The maximum Gasteiger partial charge on any atom is 0.191 e. The molecule has 0 amide bonds. The predicted octanol–water partition coefficient (Wildman–Crippen LogP) is 2.08. The minimum absolute atomic E-state index is 0. The van der Waals surface area contributed by atoms with Gasteiger partial charge in [-0.15, -0.1) is 24.0 Å². The second-order valence-electron chi connectivity index (χ2n) is 6.21. The molecule has 2 aliphatic rings. The molecule has 0 bridgehead atoms. The molecule has 1 aromatic rings. The van der Waals surface area contributed by atoms with Crippen LogP contribution in [0.15, 0.2) is 29.3 Å². The zero-order valence-corrected chi connectivity index (χ0v) is 15.9. The van der Waals surface area contributed by atoms with Crippen molar-refractivity contribution in [3.63, 3.8) is 0 Å². The van der Waals surface area contributed by atoms with Crippen molar-refractivity contribution < 1.29 is 9.84 Å². The first kappa shape index (κ1) is 18.3. The summed E-state index contributed by atoms with van der Waals surface area (Å²) in [6, 6.07) is 8.17. The predicted molar refractivity (Wildman–Crippen MR) is 103 cm³/mol. The number of nitrogens with zero attached hydrogens (tertiary/aromatic N) is 1. The molecule has 128 valence electrons. The van der Waals surface area contributed by atoms with E-state index in [2.05, 4.69) is 21.7 Å². The standard InChI is InChI=1S/C17H25N3O2.HI/c1-2-18-16(20-12-17(21)8-5-9-17)19-11-14-10-13-6-3-4-7-15(13)22-14;/h3-4,6-7,14,21H,2,5,8-12H2,1H3,(H2,18,19,20);1H. The number of fused-ring (bicyclic) bond motifs is 1. The summed E-state index contributed by atoms with van der Waals surface area (Å²) < 4.78 is 5.92. The molecule has 1 saturated carbocycles. The van der Waals surface area contributed by atoms with E-state index < -0.39 is 5.60 Å². The first-order valence-corrected chi connectivity index (χ1v) is 8.18. The van der Waals surface area contributed by atoms with Gasteiger partial charge in [0.05, 0.1) is 18.7 Å². The highest BCUT2D eigenvalue weighted by atomic mass is 127. The van der Waals surface area contributed by atoms with E-state index in [4.69, 9.17) is 4.74 Å². The number of aliphatic imine (C=N–C) groups is 1. The minimum atomic E-state index is -0.581. The van der Waals surface area contributed by atoms with Gasteiger partial charge in [0.1, 0.15) is 11.9 Å². The molecule has 1 aliphatic carbocycles. The highest BCUT2D eigenvalue weighted by molar-refractivity contribution is 14.0. The molecule has 1 fully saturated rings. The molecule has 0 spiro atoms. The van der Waals surface area contributed by atoms with Crippen molar-refractivity contribution >= 4 is 29.9 Å². The van der Waals surface area contributed by atoms with Crippen LogP contribution in [0, 0.1) is 0 Å². The SMILES string of the molecule is CCNC(=NCC1(O)CCC1)NCC1Cc2ccccc2O1.I. The zero-order chi connectivity index (χ0) is 15.4. The van der Waals surface area contributed by atoms with E-state index in [1.54, 1.807) is 0 Å². The Morgan fingerprint density at radius 1 is 1.35 bits per heavy atom. The van der Waals surface area contributed by atoms with Crippen molar-refractivity contribution in [3.8, 4) is 5.75 Å². The molecular formula is C17H26IN3O2. The van der Waals surface area contributed by atoms with Crippen LogP contribution >= 0.6 is 24.0 Å². The normalized spacial score (nSPS) is 21.5. The Balaban J connectivity index is 0.00000192. The zero-order valence-electron chi connectivity index (χ0n) is 13.5. The topological polar surface area (TPSA) is 65.9 Å². The van der Waals surface area contributed by atoms with E-state index in [0.717, 1.165) is 43.9 Å². The number of aliphatic hydroxyl groups is 1. The molecule has 5 nitrogen and oxygen atoms in total. The van der Waals surface area contributed by atoms with Crippen molar-refractivity contribution in [2.24, 2.45) is 4.99 Å². The van der Waals surface area contributed by atoms with Crippen LogP contribution in [0.3, 0.4) is 0 Å². The van der Waals surface area contributed by atoms with E-state index >= 15 is 0 Å². The van der Waals surface area contributed by atoms with Crippen molar-refractivity contribution in [1.29, 1.82) is 0 Å². The molecule has 1 heterocycles. The maximum atomic E-state index is 10.1. The summed E-state index contributed by atoms with van der Waals surface area (Å²) in [7, 11) is 0. The van der Waals surface area contributed by atoms with Crippen LogP contribution < -0.4 is 15.4 Å². The van der Waals surface area contributed by atoms with Gasteiger partial charge in [0, 0.05) is 13.0 Å². The molecule has 6 heteroatoms. The summed E-state index contributed by atoms with van der Waals surface area (Å²) in [5.74, 6) is 1.74. The summed E-state index contributed by atoms with van der Waals surface area (Å²) in [4.78, 5) is 4.51. The van der Waals surface area contributed by atoms with Crippen LogP contribution in [-0.2, 0) is 6.42 Å². The molecule has 0 radical (unpaired) electrons. The number of benzene rings is 1. The molecule has 3 N–H and O–H groups in total. The first-order chi connectivity index (χ1) is 10.7. The van der Waals surface area contributed by atoms with Crippen molar-refractivity contribution in [3.05, 3.63) is 29.8 Å². The van der Waals surface area contributed by atoms with Gasteiger partial charge in [-0.3, -0.25) is 4.99 Å². The van der Waals surface area contributed by atoms with Gasteiger partial charge < -0.3 is 20.5 Å². The van der Waals surface area contributed by atoms with Gasteiger partial charge in [0.2, 0.25) is 0 Å². The van der Waals surface area contributed by atoms with Crippen molar-refractivity contribution in [2.75, 3.05) is 19.6 Å². The second kappa shape index (κ2) is 8.19. The molecular weight excluding hydrogens is 405 g/mol. The van der Waals surface area contributed by atoms with Gasteiger partial charge in [-0.25, -0.2) is 0 Å². The van der Waals surface area contributed by atoms with Crippen LogP contribution in [0.25, 0.3) is 0 Å². The van der Waals surface area contributed by atoms with E-state index in [-0.39, 0.29) is 30.1 Å². The lowest BCUT2D eigenvalue weighted by atomic mass is 9.80. The summed E-state index contributed by atoms with van der Waals surface area (Å²) in [5.41, 5.74) is 0.683. The third-order valence-electron chi connectivity index (χ3n) is 4.37. The number of halogens is 1. The molecule has 1 unspecified atom stereocenters. The summed E-state index contributed by atoms with van der Waals surface area (Å²) >= 11 is 0. The Morgan fingerprint density at radius 3 is 2.78 bits per heavy atom. The molecule has 3 rings (SSSR count). The second-order valence-corrected chi connectivity index (χ2v) is 6.21. The van der Waals surface area contributed by atoms with Crippen LogP contribution in [0.5, 0.6) is 5.75 Å². The van der Waals surface area contributed by atoms with Crippen molar-refractivity contribution in [2.45, 2.75) is 44.3 Å². The maximum absolute atomic E-state index is 10.1. The smallest absolute Gasteiger partial charge is 0.191 e. The number of ether oxygens (including phenoxy) is 1. The number of rotatable bonds is 5. The van der Waals surface area contributed by atoms with Crippen LogP contribution in [0.4, 0.5) is 0 Å². The molecule has 1 atom stereocenters. The average molecular weight is 431 g/mol. The Kier molecular flexibility index (Phi) is 6.52.